The lowest BCUT2D eigenvalue weighted by Gasteiger charge is -2.06. The standard InChI is InChI=1S/C11H14N4/c1-2-3-11-14-4-5-15(11)10-6-9(12)7-13-8-10/h4-8H,2-3,12H2,1H3. The second kappa shape index (κ2) is 4.13. The first kappa shape index (κ1) is 9.71. The van der Waals surface area contributed by atoms with Crippen LogP contribution >= 0.6 is 0 Å². The number of hydrogen-bond donors (Lipinski definition) is 1. The molecule has 4 nitrogen and oxygen atoms in total. The summed E-state index contributed by atoms with van der Waals surface area (Å²) >= 11 is 0. The largest absolute Gasteiger partial charge is 0.397 e. The van der Waals surface area contributed by atoms with E-state index in [0.717, 1.165) is 24.4 Å². The first-order valence-corrected chi connectivity index (χ1v) is 5.04. The molecule has 78 valence electrons. The number of nitrogens with zero attached hydrogens (tertiary/aromatic N) is 3. The van der Waals surface area contributed by atoms with E-state index >= 15 is 0 Å². The van der Waals surface area contributed by atoms with Crippen LogP contribution in [0.15, 0.2) is 30.9 Å². The van der Waals surface area contributed by atoms with Crippen molar-refractivity contribution >= 4 is 5.69 Å². The van der Waals surface area contributed by atoms with Gasteiger partial charge in [0.15, 0.2) is 0 Å². The van der Waals surface area contributed by atoms with Crippen molar-refractivity contribution in [1.29, 1.82) is 0 Å². The molecule has 0 spiro atoms. The van der Waals surface area contributed by atoms with Gasteiger partial charge in [0.1, 0.15) is 5.82 Å². The number of imidazole rings is 1. The molecule has 0 bridgehead atoms. The number of hydrogen-bond acceptors (Lipinski definition) is 3. The predicted molar refractivity (Wildman–Crippen MR) is 59.8 cm³/mol. The van der Waals surface area contributed by atoms with Gasteiger partial charge >= 0.3 is 0 Å². The first-order chi connectivity index (χ1) is 7.31. The third kappa shape index (κ3) is 1.98. The zero-order chi connectivity index (χ0) is 10.7. The summed E-state index contributed by atoms with van der Waals surface area (Å²) < 4.78 is 2.02. The third-order valence-electron chi connectivity index (χ3n) is 2.21. The molecule has 0 aliphatic heterocycles. The van der Waals surface area contributed by atoms with Crippen LogP contribution < -0.4 is 5.73 Å². The van der Waals surface area contributed by atoms with E-state index in [1.807, 2.05) is 16.8 Å². The van der Waals surface area contributed by atoms with Gasteiger partial charge in [-0.05, 0) is 12.5 Å². The van der Waals surface area contributed by atoms with E-state index in [0.29, 0.717) is 5.69 Å². The number of anilines is 1. The van der Waals surface area contributed by atoms with Crippen LogP contribution in [-0.2, 0) is 6.42 Å². The summed E-state index contributed by atoms with van der Waals surface area (Å²) in [7, 11) is 0. The zero-order valence-corrected chi connectivity index (χ0v) is 8.72. The van der Waals surface area contributed by atoms with Gasteiger partial charge in [-0.2, -0.15) is 0 Å². The molecule has 0 unspecified atom stereocenters. The summed E-state index contributed by atoms with van der Waals surface area (Å²) in [4.78, 5) is 8.37. The Morgan fingerprint density at radius 1 is 1.40 bits per heavy atom. The fraction of sp³-hybridized carbons (Fsp3) is 0.273. The van der Waals surface area contributed by atoms with E-state index in [-0.39, 0.29) is 0 Å². The SMILES string of the molecule is CCCc1nccn1-c1cncc(N)c1. The van der Waals surface area contributed by atoms with Crippen molar-refractivity contribution in [2.75, 3.05) is 5.73 Å². The summed E-state index contributed by atoms with van der Waals surface area (Å²) in [5.41, 5.74) is 7.33. The van der Waals surface area contributed by atoms with Crippen LogP contribution in [0.25, 0.3) is 5.69 Å². The van der Waals surface area contributed by atoms with Crippen molar-refractivity contribution < 1.29 is 0 Å². The first-order valence-electron chi connectivity index (χ1n) is 5.04. The van der Waals surface area contributed by atoms with Crippen LogP contribution in [-0.4, -0.2) is 14.5 Å². The minimum atomic E-state index is 0.670. The highest BCUT2D eigenvalue weighted by Gasteiger charge is 2.04. The van der Waals surface area contributed by atoms with E-state index in [2.05, 4.69) is 16.9 Å². The van der Waals surface area contributed by atoms with Gasteiger partial charge in [-0.1, -0.05) is 6.92 Å². The van der Waals surface area contributed by atoms with Gasteiger partial charge in [-0.3, -0.25) is 4.98 Å². The van der Waals surface area contributed by atoms with E-state index < -0.39 is 0 Å². The maximum Gasteiger partial charge on any atom is 0.113 e. The topological polar surface area (TPSA) is 56.7 Å². The average molecular weight is 202 g/mol. The monoisotopic (exact) mass is 202 g/mol. The Balaban J connectivity index is 2.40. The van der Waals surface area contributed by atoms with E-state index in [9.17, 15) is 0 Å². The Hall–Kier alpha value is -1.84. The van der Waals surface area contributed by atoms with Crippen molar-refractivity contribution in [2.45, 2.75) is 19.8 Å². The summed E-state index contributed by atoms with van der Waals surface area (Å²) in [5.74, 6) is 1.05. The van der Waals surface area contributed by atoms with Gasteiger partial charge < -0.3 is 10.3 Å². The van der Waals surface area contributed by atoms with E-state index in [1.165, 1.54) is 0 Å². The molecule has 2 aromatic rings. The molecule has 0 aliphatic rings. The Labute approximate surface area is 88.8 Å². The van der Waals surface area contributed by atoms with Crippen molar-refractivity contribution in [3.8, 4) is 5.69 Å². The predicted octanol–water partition coefficient (Wildman–Crippen LogP) is 1.80. The second-order valence-corrected chi connectivity index (χ2v) is 3.44. The molecule has 0 fully saturated rings. The van der Waals surface area contributed by atoms with Crippen LogP contribution in [0.5, 0.6) is 0 Å². The minimum absolute atomic E-state index is 0.670. The van der Waals surface area contributed by atoms with Gasteiger partial charge in [-0.15, -0.1) is 0 Å². The maximum absolute atomic E-state index is 5.69. The Kier molecular flexibility index (Phi) is 2.67. The summed E-state index contributed by atoms with van der Waals surface area (Å²) in [6.45, 7) is 2.14. The number of nitrogens with two attached hydrogens (primary N) is 1. The lowest BCUT2D eigenvalue weighted by Crippen LogP contribution is -2.01. The highest BCUT2D eigenvalue weighted by atomic mass is 15.1. The van der Waals surface area contributed by atoms with E-state index in [1.54, 1.807) is 18.6 Å². The van der Waals surface area contributed by atoms with E-state index in [4.69, 9.17) is 5.73 Å². The van der Waals surface area contributed by atoms with Crippen molar-refractivity contribution in [3.63, 3.8) is 0 Å². The lowest BCUT2D eigenvalue weighted by atomic mass is 10.3. The Bertz CT molecular complexity index is 447. The molecular weight excluding hydrogens is 188 g/mol. The molecular formula is C11H14N4. The molecule has 2 aromatic heterocycles. The van der Waals surface area contributed by atoms with Gasteiger partial charge in [0, 0.05) is 25.0 Å². The van der Waals surface area contributed by atoms with Crippen LogP contribution in [0, 0.1) is 0 Å². The summed E-state index contributed by atoms with van der Waals surface area (Å²) in [6.07, 6.45) is 9.20. The molecule has 0 aliphatic carbocycles. The van der Waals surface area contributed by atoms with Crippen molar-refractivity contribution in [2.24, 2.45) is 0 Å². The van der Waals surface area contributed by atoms with Gasteiger partial charge in [0.25, 0.3) is 0 Å². The highest BCUT2D eigenvalue weighted by Crippen LogP contribution is 2.13. The van der Waals surface area contributed by atoms with Crippen LogP contribution in [0.1, 0.15) is 19.2 Å². The maximum atomic E-state index is 5.69. The fourth-order valence-electron chi connectivity index (χ4n) is 1.55. The minimum Gasteiger partial charge on any atom is -0.397 e. The molecule has 0 saturated heterocycles. The average Bonchev–Trinajstić information content (AvgIpc) is 2.66. The molecule has 0 radical (unpaired) electrons. The zero-order valence-electron chi connectivity index (χ0n) is 8.72. The number of aryl methyl sites for hydroxylation is 1. The molecule has 0 saturated carbocycles. The quantitative estimate of drug-likeness (QED) is 0.825. The highest BCUT2D eigenvalue weighted by molar-refractivity contribution is 5.44. The van der Waals surface area contributed by atoms with Crippen molar-refractivity contribution in [3.05, 3.63) is 36.7 Å². The lowest BCUT2D eigenvalue weighted by molar-refractivity contribution is 0.807. The Morgan fingerprint density at radius 3 is 3.00 bits per heavy atom. The normalized spacial score (nSPS) is 10.5. The molecule has 0 aromatic carbocycles. The smallest absolute Gasteiger partial charge is 0.113 e. The molecule has 15 heavy (non-hydrogen) atoms. The molecule has 2 rings (SSSR count). The molecule has 2 N–H and O–H groups in total. The number of nitrogen functional groups attached to an aromatic ring is 1. The number of pyridine rings is 1. The Morgan fingerprint density at radius 2 is 2.27 bits per heavy atom. The number of rotatable bonds is 3. The summed E-state index contributed by atoms with van der Waals surface area (Å²) in [6, 6.07) is 1.90. The third-order valence-corrected chi connectivity index (χ3v) is 2.21. The van der Waals surface area contributed by atoms with Gasteiger partial charge in [-0.25, -0.2) is 4.98 Å². The molecule has 0 amide bonds. The fourth-order valence-corrected chi connectivity index (χ4v) is 1.55. The molecule has 0 atom stereocenters. The van der Waals surface area contributed by atoms with Crippen LogP contribution in [0.2, 0.25) is 0 Å². The molecule has 2 heterocycles. The summed E-state index contributed by atoms with van der Waals surface area (Å²) in [5, 5.41) is 0. The van der Waals surface area contributed by atoms with Crippen LogP contribution in [0.3, 0.4) is 0 Å². The van der Waals surface area contributed by atoms with Crippen molar-refractivity contribution in [1.82, 2.24) is 14.5 Å². The van der Waals surface area contributed by atoms with Gasteiger partial charge in [0.05, 0.1) is 17.6 Å². The number of aromatic nitrogens is 3. The van der Waals surface area contributed by atoms with Gasteiger partial charge in [0.2, 0.25) is 0 Å². The molecule has 4 heteroatoms. The van der Waals surface area contributed by atoms with Crippen LogP contribution in [0.4, 0.5) is 5.69 Å². The second-order valence-electron chi connectivity index (χ2n) is 3.44.